The molecule has 1 fully saturated rings. The largest absolute Gasteiger partial charge is 0.315 e. The molecule has 0 aliphatic carbocycles. The van der Waals surface area contributed by atoms with Crippen LogP contribution < -0.4 is 5.32 Å². The first kappa shape index (κ1) is 14.9. The Morgan fingerprint density at radius 1 is 1.41 bits per heavy atom. The summed E-state index contributed by atoms with van der Waals surface area (Å²) in [5.41, 5.74) is 0. The highest BCUT2D eigenvalue weighted by Gasteiger charge is 2.29. The zero-order valence-electron chi connectivity index (χ0n) is 9.10. The fourth-order valence-electron chi connectivity index (χ4n) is 1.80. The number of rotatable bonds is 2. The molecule has 4 nitrogen and oxygen atoms in total. The molecule has 0 aromatic carbocycles. The standard InChI is InChI=1S/C10H13BrN2O2S.ClH/c11-9-4-1-5-10(13-9)16(14,15)8-3-2-6-12-7-8;/h1,4-5,8,12H,2-3,6-7H2;1H. The summed E-state index contributed by atoms with van der Waals surface area (Å²) in [7, 11) is -3.29. The number of pyridine rings is 1. The molecule has 2 rings (SSSR count). The van der Waals surface area contributed by atoms with Crippen molar-refractivity contribution in [1.29, 1.82) is 0 Å². The Balaban J connectivity index is 0.00000144. The molecule has 0 spiro atoms. The number of nitrogens with one attached hydrogen (secondary N) is 1. The maximum absolute atomic E-state index is 12.2. The third-order valence-corrected chi connectivity index (χ3v) is 5.20. The van der Waals surface area contributed by atoms with Gasteiger partial charge in [-0.15, -0.1) is 12.4 Å². The highest BCUT2D eigenvalue weighted by atomic mass is 79.9. The minimum absolute atomic E-state index is 0. The average molecular weight is 342 g/mol. The van der Waals surface area contributed by atoms with Crippen LogP contribution in [-0.2, 0) is 9.84 Å². The first-order chi connectivity index (χ1) is 7.60. The quantitative estimate of drug-likeness (QED) is 0.833. The van der Waals surface area contributed by atoms with Crippen LogP contribution in [0.1, 0.15) is 12.8 Å². The van der Waals surface area contributed by atoms with Crippen LogP contribution in [0.15, 0.2) is 27.8 Å². The van der Waals surface area contributed by atoms with Crippen LogP contribution >= 0.6 is 28.3 Å². The van der Waals surface area contributed by atoms with Gasteiger partial charge < -0.3 is 5.32 Å². The summed E-state index contributed by atoms with van der Waals surface area (Å²) >= 11 is 3.19. The van der Waals surface area contributed by atoms with Crippen LogP contribution in [0.4, 0.5) is 0 Å². The fourth-order valence-corrected chi connectivity index (χ4v) is 3.91. The number of hydrogen-bond donors (Lipinski definition) is 1. The molecule has 0 bridgehead atoms. The third kappa shape index (κ3) is 3.40. The molecule has 1 unspecified atom stereocenters. The molecule has 96 valence electrons. The van der Waals surface area contributed by atoms with Crippen LogP contribution in [0.3, 0.4) is 0 Å². The number of sulfone groups is 1. The van der Waals surface area contributed by atoms with Gasteiger partial charge in [-0.2, -0.15) is 0 Å². The van der Waals surface area contributed by atoms with Gasteiger partial charge >= 0.3 is 0 Å². The lowest BCUT2D eigenvalue weighted by Crippen LogP contribution is -2.39. The molecule has 1 N–H and O–H groups in total. The van der Waals surface area contributed by atoms with Crippen molar-refractivity contribution >= 4 is 38.2 Å². The molecule has 1 aliphatic heterocycles. The molecule has 17 heavy (non-hydrogen) atoms. The Hall–Kier alpha value is -0.170. The number of nitrogens with zero attached hydrogens (tertiary/aromatic N) is 1. The van der Waals surface area contributed by atoms with Crippen molar-refractivity contribution in [3.63, 3.8) is 0 Å². The number of hydrogen-bond acceptors (Lipinski definition) is 4. The van der Waals surface area contributed by atoms with E-state index in [4.69, 9.17) is 0 Å². The maximum atomic E-state index is 12.2. The van der Waals surface area contributed by atoms with E-state index in [0.717, 1.165) is 13.0 Å². The molecule has 1 aliphatic rings. The fraction of sp³-hybridized carbons (Fsp3) is 0.500. The van der Waals surface area contributed by atoms with E-state index in [1.165, 1.54) is 0 Å². The van der Waals surface area contributed by atoms with E-state index in [1.807, 2.05) is 0 Å². The van der Waals surface area contributed by atoms with Gasteiger partial charge in [-0.25, -0.2) is 13.4 Å². The average Bonchev–Trinajstić information content (AvgIpc) is 2.30. The van der Waals surface area contributed by atoms with Crippen molar-refractivity contribution in [2.45, 2.75) is 23.1 Å². The summed E-state index contributed by atoms with van der Waals surface area (Å²) in [6, 6.07) is 4.97. The van der Waals surface area contributed by atoms with Crippen molar-refractivity contribution in [3.05, 3.63) is 22.8 Å². The Kier molecular flexibility index (Phi) is 5.37. The summed E-state index contributed by atoms with van der Waals surface area (Å²) in [5.74, 6) is 0. The van der Waals surface area contributed by atoms with Crippen molar-refractivity contribution in [2.24, 2.45) is 0 Å². The molecule has 0 radical (unpaired) electrons. The maximum Gasteiger partial charge on any atom is 0.199 e. The summed E-state index contributed by atoms with van der Waals surface area (Å²) in [6.07, 6.45) is 1.61. The van der Waals surface area contributed by atoms with Crippen molar-refractivity contribution in [2.75, 3.05) is 13.1 Å². The summed E-state index contributed by atoms with van der Waals surface area (Å²) in [4.78, 5) is 4.02. The second-order valence-electron chi connectivity index (χ2n) is 3.81. The number of piperidine rings is 1. The van der Waals surface area contributed by atoms with Crippen molar-refractivity contribution in [1.82, 2.24) is 10.3 Å². The Morgan fingerprint density at radius 3 is 2.76 bits per heavy atom. The van der Waals surface area contributed by atoms with Crippen LogP contribution in [0.2, 0.25) is 0 Å². The van der Waals surface area contributed by atoms with E-state index in [0.29, 0.717) is 17.6 Å². The van der Waals surface area contributed by atoms with Crippen LogP contribution in [0.25, 0.3) is 0 Å². The van der Waals surface area contributed by atoms with Gasteiger partial charge in [0.25, 0.3) is 0 Å². The first-order valence-corrected chi connectivity index (χ1v) is 7.52. The zero-order chi connectivity index (χ0) is 11.6. The highest BCUT2D eigenvalue weighted by molar-refractivity contribution is 9.10. The van der Waals surface area contributed by atoms with Gasteiger partial charge in [0.05, 0.1) is 5.25 Å². The first-order valence-electron chi connectivity index (χ1n) is 5.18. The minimum Gasteiger partial charge on any atom is -0.315 e. The van der Waals surface area contributed by atoms with Gasteiger partial charge in [0, 0.05) is 6.54 Å². The molecule has 1 saturated heterocycles. The molecule has 1 atom stereocenters. The summed E-state index contributed by atoms with van der Waals surface area (Å²) in [6.45, 7) is 1.43. The van der Waals surface area contributed by atoms with E-state index < -0.39 is 9.84 Å². The van der Waals surface area contributed by atoms with Crippen molar-refractivity contribution in [3.8, 4) is 0 Å². The van der Waals surface area contributed by atoms with Crippen LogP contribution in [0.5, 0.6) is 0 Å². The zero-order valence-corrected chi connectivity index (χ0v) is 12.3. The lowest BCUT2D eigenvalue weighted by Gasteiger charge is -2.22. The normalized spacial score (nSPS) is 20.6. The summed E-state index contributed by atoms with van der Waals surface area (Å²) in [5, 5.41) is 2.92. The second-order valence-corrected chi connectivity index (χ2v) is 6.80. The number of halogens is 2. The highest BCUT2D eigenvalue weighted by Crippen LogP contribution is 2.20. The molecular formula is C10H14BrClN2O2S. The van der Waals surface area contributed by atoms with Gasteiger partial charge in [-0.1, -0.05) is 6.07 Å². The van der Waals surface area contributed by atoms with E-state index in [-0.39, 0.29) is 22.7 Å². The molecule has 2 heterocycles. The van der Waals surface area contributed by atoms with Crippen LogP contribution in [0, 0.1) is 0 Å². The van der Waals surface area contributed by atoms with Gasteiger partial charge in [0.1, 0.15) is 4.60 Å². The second kappa shape index (κ2) is 6.13. The Bertz CT molecular complexity index is 475. The van der Waals surface area contributed by atoms with E-state index in [2.05, 4.69) is 26.2 Å². The molecule has 7 heteroatoms. The topological polar surface area (TPSA) is 59.1 Å². The van der Waals surface area contributed by atoms with Gasteiger partial charge in [0.15, 0.2) is 14.9 Å². The van der Waals surface area contributed by atoms with Gasteiger partial charge in [-0.05, 0) is 47.4 Å². The molecule has 1 aromatic rings. The SMILES string of the molecule is Cl.O=S(=O)(c1cccc(Br)n1)C1CCCNC1. The Labute approximate surface area is 116 Å². The summed E-state index contributed by atoms with van der Waals surface area (Å²) < 4.78 is 25.0. The third-order valence-electron chi connectivity index (χ3n) is 2.67. The molecule has 1 aromatic heterocycles. The molecule has 0 amide bonds. The lowest BCUT2D eigenvalue weighted by molar-refractivity contribution is 0.495. The monoisotopic (exact) mass is 340 g/mol. The number of aromatic nitrogens is 1. The lowest BCUT2D eigenvalue weighted by atomic mass is 10.2. The Morgan fingerprint density at radius 2 is 2.18 bits per heavy atom. The van der Waals surface area contributed by atoms with Gasteiger partial charge in [-0.3, -0.25) is 0 Å². The van der Waals surface area contributed by atoms with Crippen molar-refractivity contribution < 1.29 is 8.42 Å². The van der Waals surface area contributed by atoms with E-state index in [1.54, 1.807) is 18.2 Å². The van der Waals surface area contributed by atoms with Crippen LogP contribution in [-0.4, -0.2) is 31.7 Å². The van der Waals surface area contributed by atoms with Gasteiger partial charge in [0.2, 0.25) is 0 Å². The minimum atomic E-state index is -3.29. The smallest absolute Gasteiger partial charge is 0.199 e. The molecular weight excluding hydrogens is 328 g/mol. The molecule has 0 saturated carbocycles. The van der Waals surface area contributed by atoms with E-state index in [9.17, 15) is 8.42 Å². The van der Waals surface area contributed by atoms with E-state index >= 15 is 0 Å². The predicted octanol–water partition coefficient (Wildman–Crippen LogP) is 1.79. The predicted molar refractivity (Wildman–Crippen MR) is 72.3 cm³/mol.